The third-order valence-corrected chi connectivity index (χ3v) is 11.2. The van der Waals surface area contributed by atoms with E-state index >= 15 is 0 Å². The number of hydrogen-bond donors (Lipinski definition) is 3. The fraction of sp³-hybridized carbons (Fsp3) is 0.357. The SMILES string of the molecule is COc1ccc2c(c1)N(CC(=O)O)C(=CC(=c1sc(=C3SC(=S)N(CC(=O)O)C3=O)n(CC(=O)O)c1=O)C1CCCCC1)S2. The number of rotatable bonds is 9. The highest BCUT2D eigenvalue weighted by Crippen LogP contribution is 2.48. The van der Waals surface area contributed by atoms with E-state index in [1.165, 1.54) is 18.9 Å². The topological polar surface area (TPSA) is 167 Å². The summed E-state index contributed by atoms with van der Waals surface area (Å²) in [5, 5.41) is 29.3. The van der Waals surface area contributed by atoms with Gasteiger partial charge in [0.2, 0.25) is 0 Å². The Bertz CT molecular complexity index is 1790. The highest BCUT2D eigenvalue weighted by molar-refractivity contribution is 8.30. The zero-order valence-electron chi connectivity index (χ0n) is 23.3. The number of aromatic nitrogens is 1. The molecule has 44 heavy (non-hydrogen) atoms. The van der Waals surface area contributed by atoms with Crippen molar-refractivity contribution in [1.29, 1.82) is 0 Å². The fourth-order valence-corrected chi connectivity index (χ4v) is 9.11. The number of carbonyl (C=O) groups is 4. The lowest BCUT2D eigenvalue weighted by molar-refractivity contribution is -0.140. The van der Waals surface area contributed by atoms with Crippen LogP contribution in [0.15, 0.2) is 39.0 Å². The van der Waals surface area contributed by atoms with Crippen LogP contribution in [0.1, 0.15) is 32.1 Å². The number of hydrogen-bond acceptors (Lipinski definition) is 11. The largest absolute Gasteiger partial charge is 0.497 e. The molecule has 0 atom stereocenters. The number of thioether (sulfide) groups is 2. The van der Waals surface area contributed by atoms with E-state index in [9.17, 15) is 39.3 Å². The first-order valence-electron chi connectivity index (χ1n) is 13.5. The highest BCUT2D eigenvalue weighted by Gasteiger charge is 2.36. The van der Waals surface area contributed by atoms with Gasteiger partial charge in [-0.2, -0.15) is 0 Å². The minimum atomic E-state index is -1.29. The lowest BCUT2D eigenvalue weighted by atomic mass is 9.84. The zero-order valence-corrected chi connectivity index (χ0v) is 26.6. The Labute approximate surface area is 268 Å². The number of ether oxygens (including phenoxy) is 1. The summed E-state index contributed by atoms with van der Waals surface area (Å²) in [6.45, 7) is -1.72. The number of amides is 1. The van der Waals surface area contributed by atoms with Crippen molar-refractivity contribution in [3.8, 4) is 5.75 Å². The molecule has 1 aromatic heterocycles. The lowest BCUT2D eigenvalue weighted by Crippen LogP contribution is -2.37. The first-order chi connectivity index (χ1) is 21.0. The van der Waals surface area contributed by atoms with Gasteiger partial charge in [0.05, 0.1) is 22.4 Å². The van der Waals surface area contributed by atoms with Gasteiger partial charge in [0.1, 0.15) is 39.3 Å². The monoisotopic (exact) mass is 677 g/mol. The number of thiazole rings is 1. The van der Waals surface area contributed by atoms with Crippen LogP contribution in [0.2, 0.25) is 0 Å². The predicted molar refractivity (Wildman–Crippen MR) is 170 cm³/mol. The molecule has 2 aromatic rings. The molecule has 5 rings (SSSR count). The maximum atomic E-state index is 14.0. The number of thiocarbonyl (C=S) groups is 1. The van der Waals surface area contributed by atoms with Crippen LogP contribution in [0, 0.1) is 5.92 Å². The van der Waals surface area contributed by atoms with Crippen molar-refractivity contribution in [2.24, 2.45) is 5.92 Å². The molecule has 0 spiro atoms. The smallest absolute Gasteiger partial charge is 0.323 e. The van der Waals surface area contributed by atoms with Crippen molar-refractivity contribution in [2.45, 2.75) is 43.5 Å². The number of fused-ring (bicyclic) bond motifs is 1. The summed E-state index contributed by atoms with van der Waals surface area (Å²) in [5.74, 6) is -3.84. The van der Waals surface area contributed by atoms with Crippen LogP contribution >= 0.6 is 47.1 Å². The molecule has 1 aromatic carbocycles. The summed E-state index contributed by atoms with van der Waals surface area (Å²) in [6.07, 6.45) is 6.24. The van der Waals surface area contributed by atoms with Gasteiger partial charge in [0, 0.05) is 11.0 Å². The second kappa shape index (κ2) is 13.2. The van der Waals surface area contributed by atoms with Crippen molar-refractivity contribution < 1.29 is 39.2 Å². The molecule has 3 N–H and O–H groups in total. The molecular weight excluding hydrogens is 651 g/mol. The minimum absolute atomic E-state index is 0.00450. The Morgan fingerprint density at radius 1 is 0.977 bits per heavy atom. The average molecular weight is 678 g/mol. The van der Waals surface area contributed by atoms with Gasteiger partial charge >= 0.3 is 17.9 Å². The molecule has 232 valence electrons. The molecule has 3 heterocycles. The maximum Gasteiger partial charge on any atom is 0.323 e. The molecule has 0 bridgehead atoms. The molecule has 1 saturated heterocycles. The third kappa shape index (κ3) is 6.43. The summed E-state index contributed by atoms with van der Waals surface area (Å²) < 4.78 is 6.70. The molecular formula is C28H27N3O9S4. The number of aliphatic carboxylic acids is 3. The van der Waals surface area contributed by atoms with Crippen LogP contribution in [0.25, 0.3) is 10.5 Å². The first-order valence-corrected chi connectivity index (χ1v) is 16.4. The van der Waals surface area contributed by atoms with E-state index in [0.717, 1.165) is 69.6 Å². The number of carboxylic acids is 3. The first kappa shape index (κ1) is 31.8. The van der Waals surface area contributed by atoms with Gasteiger partial charge in [-0.3, -0.25) is 33.4 Å². The van der Waals surface area contributed by atoms with Gasteiger partial charge in [0.25, 0.3) is 11.5 Å². The van der Waals surface area contributed by atoms with Crippen LogP contribution in [-0.2, 0) is 25.7 Å². The minimum Gasteiger partial charge on any atom is -0.497 e. The van der Waals surface area contributed by atoms with E-state index in [-0.39, 0.29) is 30.9 Å². The van der Waals surface area contributed by atoms with E-state index in [4.69, 9.17) is 17.0 Å². The standard InChI is InChI=1S/C28H27N3O9S4/c1-40-15-7-8-18-17(9-15)29(11-20(32)33)19(42-18)10-16(14-5-3-2-4-6-14)23-25(38)30(12-21(34)35)27(43-23)24-26(39)31(13-22(36)37)28(41)44-24/h7-10,14H,2-6,11-13H2,1H3,(H,32,33)(H,34,35)(H,36,37). The molecule has 0 radical (unpaired) electrons. The summed E-state index contributed by atoms with van der Waals surface area (Å²) in [6, 6.07) is 5.37. The zero-order chi connectivity index (χ0) is 31.7. The normalized spacial score (nSPS) is 19.9. The van der Waals surface area contributed by atoms with Crippen LogP contribution in [-0.4, -0.2) is 73.1 Å². The number of carboxylic acid groups (broad SMARTS) is 3. The van der Waals surface area contributed by atoms with E-state index in [1.807, 2.05) is 12.1 Å². The molecule has 12 nitrogen and oxygen atoms in total. The molecule has 0 unspecified atom stereocenters. The van der Waals surface area contributed by atoms with Gasteiger partial charge in [0.15, 0.2) is 0 Å². The highest BCUT2D eigenvalue weighted by atomic mass is 32.2. The van der Waals surface area contributed by atoms with Crippen molar-refractivity contribution >= 4 is 91.4 Å². The Balaban J connectivity index is 1.77. The average Bonchev–Trinajstić information content (AvgIpc) is 3.57. The molecule has 1 aliphatic carbocycles. The fourth-order valence-electron chi connectivity index (χ4n) is 5.37. The summed E-state index contributed by atoms with van der Waals surface area (Å²) in [7, 11) is 1.52. The lowest BCUT2D eigenvalue weighted by Gasteiger charge is -2.24. The van der Waals surface area contributed by atoms with Crippen LogP contribution in [0.4, 0.5) is 5.69 Å². The molecule has 2 fully saturated rings. The van der Waals surface area contributed by atoms with Gasteiger partial charge in [-0.1, -0.05) is 55.0 Å². The second-order valence-corrected chi connectivity index (χ2v) is 13.9. The third-order valence-electron chi connectivity index (χ3n) is 7.33. The van der Waals surface area contributed by atoms with Crippen LogP contribution in [0.3, 0.4) is 0 Å². The Hall–Kier alpha value is -3.60. The second-order valence-electron chi connectivity index (χ2n) is 10.2. The van der Waals surface area contributed by atoms with Gasteiger partial charge < -0.3 is 25.0 Å². The number of allylic oxidation sites excluding steroid dienone is 1. The summed E-state index contributed by atoms with van der Waals surface area (Å²) >= 11 is 8.39. The quantitative estimate of drug-likeness (QED) is 0.331. The number of nitrogens with zero attached hydrogens (tertiary/aromatic N) is 3. The van der Waals surface area contributed by atoms with Crippen molar-refractivity contribution in [3.63, 3.8) is 0 Å². The van der Waals surface area contributed by atoms with Gasteiger partial charge in [-0.15, -0.1) is 11.3 Å². The van der Waals surface area contributed by atoms with E-state index in [2.05, 4.69) is 0 Å². The molecule has 2 aliphatic heterocycles. The van der Waals surface area contributed by atoms with Crippen LogP contribution < -0.4 is 24.4 Å². The van der Waals surface area contributed by atoms with Gasteiger partial charge in [-0.05, 0) is 42.5 Å². The van der Waals surface area contributed by atoms with E-state index < -0.39 is 42.5 Å². The number of carbonyl (C=O) groups excluding carboxylic acids is 1. The number of methoxy groups -OCH3 is 1. The Kier molecular flexibility index (Phi) is 9.53. The molecule has 1 amide bonds. The maximum absolute atomic E-state index is 14.0. The van der Waals surface area contributed by atoms with Crippen molar-refractivity contribution in [1.82, 2.24) is 9.47 Å². The summed E-state index contributed by atoms with van der Waals surface area (Å²) in [4.78, 5) is 65.7. The van der Waals surface area contributed by atoms with Crippen LogP contribution in [0.5, 0.6) is 5.75 Å². The van der Waals surface area contributed by atoms with E-state index in [1.54, 1.807) is 17.0 Å². The molecule has 16 heteroatoms. The molecule has 1 saturated carbocycles. The van der Waals surface area contributed by atoms with Gasteiger partial charge in [-0.25, -0.2) is 0 Å². The van der Waals surface area contributed by atoms with Crippen molar-refractivity contribution in [2.75, 3.05) is 25.1 Å². The van der Waals surface area contributed by atoms with E-state index in [0.29, 0.717) is 22.0 Å². The summed E-state index contributed by atoms with van der Waals surface area (Å²) in [5.41, 5.74) is 0.695. The predicted octanol–water partition coefficient (Wildman–Crippen LogP) is 2.33. The number of anilines is 1. The Morgan fingerprint density at radius 2 is 1.64 bits per heavy atom. The van der Waals surface area contributed by atoms with Crippen molar-refractivity contribution in [3.05, 3.63) is 48.9 Å². The number of benzene rings is 1. The molecule has 3 aliphatic rings. The Morgan fingerprint density at radius 3 is 2.27 bits per heavy atom.